The molecule has 1 unspecified atom stereocenters. The Balaban J connectivity index is 2.10. The second kappa shape index (κ2) is 2.78. The van der Waals surface area contributed by atoms with Gasteiger partial charge in [-0.25, -0.2) is 0 Å². The third-order valence-corrected chi connectivity index (χ3v) is 3.36. The fourth-order valence-electron chi connectivity index (χ4n) is 2.90. The van der Waals surface area contributed by atoms with Crippen molar-refractivity contribution in [3.8, 4) is 5.75 Å². The van der Waals surface area contributed by atoms with Gasteiger partial charge in [0.05, 0.1) is 12.0 Å². The molecule has 0 aromatic heterocycles. The van der Waals surface area contributed by atoms with E-state index in [1.165, 1.54) is 0 Å². The lowest BCUT2D eigenvalue weighted by Crippen LogP contribution is -2.63. The van der Waals surface area contributed by atoms with Crippen LogP contribution < -0.4 is 10.1 Å². The van der Waals surface area contributed by atoms with E-state index in [2.05, 4.69) is 19.2 Å². The molecule has 0 radical (unpaired) electrons. The Labute approximate surface area is 94.8 Å². The number of amides is 1. The summed E-state index contributed by atoms with van der Waals surface area (Å²) < 4.78 is 5.93. The first kappa shape index (κ1) is 9.70. The lowest BCUT2D eigenvalue weighted by atomic mass is 9.71. The molecular formula is C13H15NO2. The summed E-state index contributed by atoms with van der Waals surface area (Å²) in [6.45, 7) is 4.13. The quantitative estimate of drug-likeness (QED) is 0.675. The van der Waals surface area contributed by atoms with Gasteiger partial charge in [-0.05, 0) is 19.9 Å². The third kappa shape index (κ3) is 1.24. The Kier molecular flexibility index (Phi) is 1.69. The van der Waals surface area contributed by atoms with Crippen LogP contribution >= 0.6 is 0 Å². The van der Waals surface area contributed by atoms with Crippen LogP contribution in [0.2, 0.25) is 0 Å². The predicted molar refractivity (Wildman–Crippen MR) is 60.2 cm³/mol. The van der Waals surface area contributed by atoms with Gasteiger partial charge in [-0.3, -0.25) is 4.79 Å². The number of carbonyl (C=O) groups excluding carboxylic acids is 1. The van der Waals surface area contributed by atoms with E-state index in [0.717, 1.165) is 17.7 Å². The highest BCUT2D eigenvalue weighted by Gasteiger charge is 2.52. The zero-order chi connectivity index (χ0) is 11.4. The van der Waals surface area contributed by atoms with Gasteiger partial charge < -0.3 is 10.1 Å². The van der Waals surface area contributed by atoms with Crippen molar-refractivity contribution < 1.29 is 9.53 Å². The van der Waals surface area contributed by atoms with Gasteiger partial charge in [-0.15, -0.1) is 0 Å². The average molecular weight is 217 g/mol. The number of hydrogen-bond donors (Lipinski definition) is 1. The summed E-state index contributed by atoms with van der Waals surface area (Å²) in [5.41, 5.74) is 0.714. The van der Waals surface area contributed by atoms with Crippen LogP contribution in [-0.4, -0.2) is 11.5 Å². The SMILES string of the molecule is CC1(C)CC2(CC(=O)N2)c2ccccc2O1. The summed E-state index contributed by atoms with van der Waals surface area (Å²) in [4.78, 5) is 11.2. The standard InChI is InChI=1S/C13H15NO2/c1-12(2)8-13(7-11(15)14-13)9-5-3-4-6-10(9)16-12/h3-6H,7-8H2,1-2H3,(H,14,15). The van der Waals surface area contributed by atoms with E-state index in [1.54, 1.807) is 0 Å². The lowest BCUT2D eigenvalue weighted by molar-refractivity contribution is -0.136. The van der Waals surface area contributed by atoms with Crippen LogP contribution in [0.5, 0.6) is 5.75 Å². The number of fused-ring (bicyclic) bond motifs is 2. The van der Waals surface area contributed by atoms with E-state index >= 15 is 0 Å². The van der Waals surface area contributed by atoms with Gasteiger partial charge in [0.1, 0.15) is 11.4 Å². The Bertz CT molecular complexity index is 457. The summed E-state index contributed by atoms with van der Waals surface area (Å²) in [7, 11) is 0. The number of rotatable bonds is 0. The third-order valence-electron chi connectivity index (χ3n) is 3.36. The molecule has 0 bridgehead atoms. The molecule has 1 aromatic rings. The normalized spacial score (nSPS) is 30.0. The van der Waals surface area contributed by atoms with Gasteiger partial charge in [0.25, 0.3) is 0 Å². The van der Waals surface area contributed by atoms with Crippen LogP contribution in [-0.2, 0) is 10.3 Å². The highest BCUT2D eigenvalue weighted by atomic mass is 16.5. The van der Waals surface area contributed by atoms with Crippen LogP contribution in [0.3, 0.4) is 0 Å². The predicted octanol–water partition coefficient (Wildman–Crippen LogP) is 1.96. The minimum atomic E-state index is -0.220. The summed E-state index contributed by atoms with van der Waals surface area (Å²) in [5.74, 6) is 1.03. The second-order valence-electron chi connectivity index (χ2n) is 5.34. The van der Waals surface area contributed by atoms with Gasteiger partial charge in [0, 0.05) is 12.0 Å². The van der Waals surface area contributed by atoms with E-state index < -0.39 is 0 Å². The largest absolute Gasteiger partial charge is 0.487 e. The molecule has 3 rings (SSSR count). The summed E-state index contributed by atoms with van der Waals surface area (Å²) in [6.07, 6.45) is 1.42. The maximum Gasteiger partial charge on any atom is 0.223 e. The zero-order valence-electron chi connectivity index (χ0n) is 9.54. The van der Waals surface area contributed by atoms with Crippen molar-refractivity contribution in [3.05, 3.63) is 29.8 Å². The Morgan fingerprint density at radius 1 is 1.31 bits per heavy atom. The van der Waals surface area contributed by atoms with E-state index in [1.807, 2.05) is 24.3 Å². The first-order chi connectivity index (χ1) is 7.51. The number of carbonyl (C=O) groups is 1. The van der Waals surface area contributed by atoms with Gasteiger partial charge in [0.2, 0.25) is 5.91 Å². The highest BCUT2D eigenvalue weighted by Crippen LogP contribution is 2.48. The minimum absolute atomic E-state index is 0.132. The molecule has 1 aromatic carbocycles. The molecule has 1 spiro atoms. The van der Waals surface area contributed by atoms with E-state index in [4.69, 9.17) is 4.74 Å². The molecule has 0 aliphatic carbocycles. The maximum atomic E-state index is 11.2. The molecule has 2 heterocycles. The molecule has 3 heteroatoms. The lowest BCUT2D eigenvalue weighted by Gasteiger charge is -2.51. The molecule has 16 heavy (non-hydrogen) atoms. The average Bonchev–Trinajstić information content (AvgIpc) is 2.13. The fourth-order valence-corrected chi connectivity index (χ4v) is 2.90. The first-order valence-corrected chi connectivity index (χ1v) is 5.60. The fraction of sp³-hybridized carbons (Fsp3) is 0.462. The molecule has 1 saturated heterocycles. The number of nitrogens with one attached hydrogen (secondary N) is 1. The van der Waals surface area contributed by atoms with E-state index in [-0.39, 0.29) is 17.0 Å². The summed E-state index contributed by atoms with van der Waals surface area (Å²) >= 11 is 0. The van der Waals surface area contributed by atoms with Crippen LogP contribution in [0, 0.1) is 0 Å². The molecule has 1 fully saturated rings. The monoisotopic (exact) mass is 217 g/mol. The topological polar surface area (TPSA) is 38.3 Å². The van der Waals surface area contributed by atoms with Crippen LogP contribution in [0.4, 0.5) is 0 Å². The van der Waals surface area contributed by atoms with Crippen molar-refractivity contribution >= 4 is 5.91 Å². The summed E-state index contributed by atoms with van der Waals surface area (Å²) in [6, 6.07) is 7.98. The van der Waals surface area contributed by atoms with Crippen LogP contribution in [0.15, 0.2) is 24.3 Å². The molecule has 0 saturated carbocycles. The van der Waals surface area contributed by atoms with Crippen molar-refractivity contribution in [1.82, 2.24) is 5.32 Å². The molecule has 1 amide bonds. The smallest absolute Gasteiger partial charge is 0.223 e. The molecule has 3 nitrogen and oxygen atoms in total. The van der Waals surface area contributed by atoms with Crippen LogP contribution in [0.1, 0.15) is 32.3 Å². The van der Waals surface area contributed by atoms with Gasteiger partial charge >= 0.3 is 0 Å². The number of para-hydroxylation sites is 1. The summed E-state index contributed by atoms with van der Waals surface area (Å²) in [5, 5.41) is 3.05. The molecule has 2 aliphatic heterocycles. The Morgan fingerprint density at radius 3 is 2.69 bits per heavy atom. The number of β-lactam (4-membered cyclic amide) rings is 1. The molecule has 1 atom stereocenters. The van der Waals surface area contributed by atoms with E-state index in [9.17, 15) is 4.79 Å². The van der Waals surface area contributed by atoms with Gasteiger partial charge in [0.15, 0.2) is 0 Å². The maximum absolute atomic E-state index is 11.2. The Hall–Kier alpha value is -1.51. The van der Waals surface area contributed by atoms with Crippen molar-refractivity contribution in [2.75, 3.05) is 0 Å². The molecular weight excluding hydrogens is 202 g/mol. The van der Waals surface area contributed by atoms with Crippen molar-refractivity contribution in [2.24, 2.45) is 0 Å². The van der Waals surface area contributed by atoms with Crippen LogP contribution in [0.25, 0.3) is 0 Å². The zero-order valence-corrected chi connectivity index (χ0v) is 9.54. The number of benzene rings is 1. The number of hydrogen-bond acceptors (Lipinski definition) is 2. The molecule has 1 N–H and O–H groups in total. The van der Waals surface area contributed by atoms with Gasteiger partial charge in [-0.1, -0.05) is 18.2 Å². The Morgan fingerprint density at radius 2 is 2.00 bits per heavy atom. The highest BCUT2D eigenvalue weighted by molar-refractivity contribution is 5.86. The molecule has 2 aliphatic rings. The second-order valence-corrected chi connectivity index (χ2v) is 5.34. The van der Waals surface area contributed by atoms with Crippen molar-refractivity contribution in [2.45, 2.75) is 37.8 Å². The first-order valence-electron chi connectivity index (χ1n) is 5.60. The van der Waals surface area contributed by atoms with Gasteiger partial charge in [-0.2, -0.15) is 0 Å². The van der Waals surface area contributed by atoms with Crippen molar-refractivity contribution in [1.29, 1.82) is 0 Å². The minimum Gasteiger partial charge on any atom is -0.487 e. The molecule has 84 valence electrons. The van der Waals surface area contributed by atoms with E-state index in [0.29, 0.717) is 6.42 Å². The number of ether oxygens (including phenoxy) is 1. The van der Waals surface area contributed by atoms with Crippen molar-refractivity contribution in [3.63, 3.8) is 0 Å².